The summed E-state index contributed by atoms with van der Waals surface area (Å²) in [6.45, 7) is 8.68. The SMILES string of the molecule is CC(C)(C)NC(O)C(O)C(O)O/C=C\OCC(=O)NCCCOCCOCCOCCCNC(=O)C(N)CS. The van der Waals surface area contributed by atoms with Crippen molar-refractivity contribution in [3.8, 4) is 0 Å². The molecule has 0 aromatic rings. The van der Waals surface area contributed by atoms with Gasteiger partial charge >= 0.3 is 0 Å². The van der Waals surface area contributed by atoms with Gasteiger partial charge < -0.3 is 55.4 Å². The van der Waals surface area contributed by atoms with E-state index in [4.69, 9.17) is 29.4 Å². The molecule has 0 heterocycles. The molecule has 230 valence electrons. The van der Waals surface area contributed by atoms with E-state index in [1.165, 1.54) is 0 Å². The van der Waals surface area contributed by atoms with Crippen LogP contribution in [0.4, 0.5) is 0 Å². The molecule has 0 fully saturated rings. The molecule has 8 N–H and O–H groups in total. The maximum Gasteiger partial charge on any atom is 0.257 e. The van der Waals surface area contributed by atoms with Crippen LogP contribution in [0.3, 0.4) is 0 Å². The fourth-order valence-corrected chi connectivity index (χ4v) is 2.80. The topological polar surface area (TPSA) is 203 Å². The average molecular weight is 585 g/mol. The summed E-state index contributed by atoms with van der Waals surface area (Å²) in [5.41, 5.74) is 5.07. The smallest absolute Gasteiger partial charge is 0.257 e. The Kier molecular flexibility index (Phi) is 22.1. The zero-order chi connectivity index (χ0) is 29.5. The summed E-state index contributed by atoms with van der Waals surface area (Å²) >= 11 is 3.97. The third-order valence-corrected chi connectivity index (χ3v) is 5.00. The lowest BCUT2D eigenvalue weighted by atomic mass is 10.1. The highest BCUT2D eigenvalue weighted by Gasteiger charge is 2.28. The zero-order valence-electron chi connectivity index (χ0n) is 23.2. The van der Waals surface area contributed by atoms with Gasteiger partial charge in [0.2, 0.25) is 12.2 Å². The van der Waals surface area contributed by atoms with Crippen LogP contribution in [-0.4, -0.2) is 122 Å². The molecule has 0 bridgehead atoms. The molecule has 0 aromatic heterocycles. The molecule has 0 aliphatic rings. The number of thiol groups is 1. The number of hydrogen-bond donors (Lipinski definition) is 8. The average Bonchev–Trinajstić information content (AvgIpc) is 2.88. The number of carbonyl (C=O) groups excluding carboxylic acids is 2. The quantitative estimate of drug-likeness (QED) is 0.0274. The maximum absolute atomic E-state index is 11.7. The van der Waals surface area contributed by atoms with Crippen molar-refractivity contribution in [3.63, 3.8) is 0 Å². The highest BCUT2D eigenvalue weighted by atomic mass is 32.1. The highest BCUT2D eigenvalue weighted by Crippen LogP contribution is 2.06. The van der Waals surface area contributed by atoms with Gasteiger partial charge in [0, 0.05) is 37.6 Å². The van der Waals surface area contributed by atoms with Crippen molar-refractivity contribution in [2.75, 3.05) is 65.1 Å². The van der Waals surface area contributed by atoms with Crippen LogP contribution < -0.4 is 21.7 Å². The second kappa shape index (κ2) is 23.1. The standard InChI is InChI=1S/C24H48N4O10S/c1-24(2,3)28-22(32)20(30)23(33)38-15-14-37-16-19(29)26-6-4-8-34-10-12-36-13-11-35-9-5-7-27-21(31)18(25)17-39/h14-15,18,20,22-23,28,30,32-33,39H,4-13,16-17,25H2,1-3H3,(H,26,29)(H,27,31)/b15-14-. The van der Waals surface area contributed by atoms with Crippen LogP contribution in [0.1, 0.15) is 33.6 Å². The third kappa shape index (κ3) is 22.8. The van der Waals surface area contributed by atoms with Gasteiger partial charge in [0.15, 0.2) is 12.7 Å². The van der Waals surface area contributed by atoms with E-state index < -0.39 is 30.2 Å². The van der Waals surface area contributed by atoms with Gasteiger partial charge in [-0.05, 0) is 33.6 Å². The van der Waals surface area contributed by atoms with Gasteiger partial charge in [0.25, 0.3) is 5.91 Å². The molecule has 0 rings (SSSR count). The lowest BCUT2D eigenvalue weighted by Gasteiger charge is -2.29. The van der Waals surface area contributed by atoms with Crippen molar-refractivity contribution in [1.29, 1.82) is 0 Å². The van der Waals surface area contributed by atoms with Crippen molar-refractivity contribution in [1.82, 2.24) is 16.0 Å². The van der Waals surface area contributed by atoms with Crippen molar-refractivity contribution >= 4 is 24.4 Å². The van der Waals surface area contributed by atoms with E-state index >= 15 is 0 Å². The molecule has 0 radical (unpaired) electrons. The van der Waals surface area contributed by atoms with Crippen LogP contribution in [-0.2, 0) is 33.3 Å². The molecule has 14 nitrogen and oxygen atoms in total. The number of rotatable bonds is 24. The Morgan fingerprint density at radius 3 is 1.97 bits per heavy atom. The number of hydrogen-bond acceptors (Lipinski definition) is 13. The predicted octanol–water partition coefficient (Wildman–Crippen LogP) is -1.80. The number of aliphatic hydroxyl groups is 3. The Morgan fingerprint density at radius 1 is 0.897 bits per heavy atom. The van der Waals surface area contributed by atoms with Gasteiger partial charge in [-0.25, -0.2) is 0 Å². The van der Waals surface area contributed by atoms with Gasteiger partial charge in [-0.1, -0.05) is 0 Å². The number of amides is 2. The Labute approximate surface area is 236 Å². The van der Waals surface area contributed by atoms with E-state index in [0.717, 1.165) is 12.5 Å². The number of carbonyl (C=O) groups is 2. The first-order chi connectivity index (χ1) is 18.5. The fourth-order valence-electron chi connectivity index (χ4n) is 2.64. The first-order valence-corrected chi connectivity index (χ1v) is 13.5. The molecule has 0 saturated carbocycles. The molecule has 4 atom stereocenters. The summed E-state index contributed by atoms with van der Waals surface area (Å²) < 4.78 is 26.1. The largest absolute Gasteiger partial charge is 0.488 e. The Balaban J connectivity index is 3.53. The summed E-state index contributed by atoms with van der Waals surface area (Å²) in [7, 11) is 0. The van der Waals surface area contributed by atoms with Gasteiger partial charge in [0.05, 0.1) is 32.5 Å². The second-order valence-electron chi connectivity index (χ2n) is 9.41. The van der Waals surface area contributed by atoms with Crippen LogP contribution in [0.15, 0.2) is 12.5 Å². The molecule has 0 saturated heterocycles. The molecule has 4 unspecified atom stereocenters. The monoisotopic (exact) mass is 584 g/mol. The van der Waals surface area contributed by atoms with E-state index in [2.05, 4.69) is 28.6 Å². The molecule has 0 aromatic carbocycles. The molecule has 15 heteroatoms. The number of aliphatic hydroxyl groups excluding tert-OH is 3. The van der Waals surface area contributed by atoms with Crippen molar-refractivity contribution in [3.05, 3.63) is 12.5 Å². The fraction of sp³-hybridized carbons (Fsp3) is 0.833. The lowest BCUT2D eigenvalue weighted by Crippen LogP contribution is -2.53. The summed E-state index contributed by atoms with van der Waals surface area (Å²) in [5.74, 6) is -0.267. The van der Waals surface area contributed by atoms with Crippen LogP contribution in [0, 0.1) is 0 Å². The van der Waals surface area contributed by atoms with Gasteiger partial charge in [-0.3, -0.25) is 14.9 Å². The summed E-state index contributed by atoms with van der Waals surface area (Å²) in [6, 6.07) is -0.596. The molecule has 39 heavy (non-hydrogen) atoms. The summed E-state index contributed by atoms with van der Waals surface area (Å²) in [5, 5.41) is 37.4. The Hall–Kier alpha value is -1.69. The number of nitrogens with two attached hydrogens (primary N) is 1. The second-order valence-corrected chi connectivity index (χ2v) is 9.78. The van der Waals surface area contributed by atoms with Gasteiger partial charge in [-0.15, -0.1) is 0 Å². The van der Waals surface area contributed by atoms with E-state index in [1.54, 1.807) is 20.8 Å². The van der Waals surface area contributed by atoms with E-state index in [9.17, 15) is 24.9 Å². The Morgan fingerprint density at radius 2 is 1.44 bits per heavy atom. The summed E-state index contributed by atoms with van der Waals surface area (Å²) in [4.78, 5) is 23.2. The first-order valence-electron chi connectivity index (χ1n) is 12.9. The lowest BCUT2D eigenvalue weighted by molar-refractivity contribution is -0.171. The highest BCUT2D eigenvalue weighted by molar-refractivity contribution is 7.80. The molecular weight excluding hydrogens is 536 g/mol. The van der Waals surface area contributed by atoms with Gasteiger partial charge in [-0.2, -0.15) is 12.6 Å². The van der Waals surface area contributed by atoms with Crippen molar-refractivity contribution in [2.24, 2.45) is 5.73 Å². The minimum absolute atomic E-state index is 0.219. The third-order valence-electron chi connectivity index (χ3n) is 4.61. The van der Waals surface area contributed by atoms with Crippen LogP contribution >= 0.6 is 12.6 Å². The van der Waals surface area contributed by atoms with Crippen LogP contribution in [0.2, 0.25) is 0 Å². The van der Waals surface area contributed by atoms with Crippen LogP contribution in [0.5, 0.6) is 0 Å². The van der Waals surface area contributed by atoms with E-state index in [-0.39, 0.29) is 18.4 Å². The molecule has 0 spiro atoms. The minimum Gasteiger partial charge on any atom is -0.488 e. The van der Waals surface area contributed by atoms with Gasteiger partial charge in [0.1, 0.15) is 18.8 Å². The number of nitrogens with one attached hydrogen (secondary N) is 3. The maximum atomic E-state index is 11.7. The van der Waals surface area contributed by atoms with E-state index in [0.29, 0.717) is 71.3 Å². The summed E-state index contributed by atoms with van der Waals surface area (Å²) in [6.07, 6.45) is -1.37. The molecule has 0 aliphatic heterocycles. The molecular formula is C24H48N4O10S. The van der Waals surface area contributed by atoms with Crippen LogP contribution in [0.25, 0.3) is 0 Å². The number of ether oxygens (including phenoxy) is 5. The normalized spacial score (nSPS) is 15.0. The van der Waals surface area contributed by atoms with Crippen molar-refractivity contribution < 1.29 is 48.6 Å². The minimum atomic E-state index is -1.69. The zero-order valence-corrected chi connectivity index (χ0v) is 24.1. The Bertz CT molecular complexity index is 669. The predicted molar refractivity (Wildman–Crippen MR) is 147 cm³/mol. The molecule has 2 amide bonds. The first kappa shape index (κ1) is 37.3. The molecule has 0 aliphatic carbocycles. The van der Waals surface area contributed by atoms with E-state index in [1.807, 2.05) is 0 Å². The van der Waals surface area contributed by atoms with Crippen molar-refractivity contribution in [2.45, 2.75) is 63.8 Å².